The number of aromatic nitrogens is 1. The van der Waals surface area contributed by atoms with Crippen LogP contribution >= 0.6 is 12.2 Å². The van der Waals surface area contributed by atoms with Crippen LogP contribution in [0, 0.1) is 5.92 Å². The topological polar surface area (TPSA) is 42.2 Å². The predicted octanol–water partition coefficient (Wildman–Crippen LogP) is 2.34. The number of hydrogen-bond acceptors (Lipinski definition) is 3. The number of rotatable bonds is 3. The van der Waals surface area contributed by atoms with Crippen LogP contribution in [0.2, 0.25) is 0 Å². The highest BCUT2D eigenvalue weighted by atomic mass is 32.1. The monoisotopic (exact) mass is 249 g/mol. The minimum atomic E-state index is 0.384. The Kier molecular flexibility index (Phi) is 3.62. The highest BCUT2D eigenvalue weighted by Crippen LogP contribution is 2.31. The molecule has 1 aromatic heterocycles. The number of pyridine rings is 1. The molecule has 0 aromatic carbocycles. The first kappa shape index (κ1) is 12.3. The van der Waals surface area contributed by atoms with Crippen LogP contribution in [0.4, 0.5) is 5.69 Å². The third-order valence-corrected chi connectivity index (χ3v) is 3.59. The van der Waals surface area contributed by atoms with Gasteiger partial charge in [-0.3, -0.25) is 4.98 Å². The summed E-state index contributed by atoms with van der Waals surface area (Å²) in [6.45, 7) is 5.60. The van der Waals surface area contributed by atoms with Gasteiger partial charge in [-0.1, -0.05) is 26.1 Å². The maximum Gasteiger partial charge on any atom is 0.124 e. The Morgan fingerprint density at radius 2 is 2.35 bits per heavy atom. The fraction of sp³-hybridized carbons (Fsp3) is 0.538. The Balaban J connectivity index is 2.36. The van der Waals surface area contributed by atoms with Crippen molar-refractivity contribution in [1.29, 1.82) is 0 Å². The molecule has 1 aromatic rings. The molecule has 1 unspecified atom stereocenters. The molecule has 1 fully saturated rings. The normalized spacial score (nSPS) is 19.9. The minimum absolute atomic E-state index is 0.384. The first-order chi connectivity index (χ1) is 8.11. The number of anilines is 1. The molecule has 2 N–H and O–H groups in total. The number of hydrogen-bond donors (Lipinski definition) is 1. The molecular weight excluding hydrogens is 230 g/mol. The molecule has 0 radical (unpaired) electrons. The van der Waals surface area contributed by atoms with Crippen LogP contribution in [0.5, 0.6) is 0 Å². The third kappa shape index (κ3) is 2.41. The van der Waals surface area contributed by atoms with Crippen molar-refractivity contribution in [3.63, 3.8) is 0 Å². The molecular formula is C13H19N3S. The second kappa shape index (κ2) is 5.00. The Hall–Kier alpha value is -1.16. The number of nitrogens with zero attached hydrogens (tertiary/aromatic N) is 2. The molecule has 0 aliphatic carbocycles. The number of thiocarbonyl (C=S) groups is 1. The Labute approximate surface area is 108 Å². The SMILES string of the molecule is CC(C)C1CCCN1c1cccnc1C(N)=S. The second-order valence-electron chi connectivity index (χ2n) is 4.88. The van der Waals surface area contributed by atoms with Gasteiger partial charge in [-0.2, -0.15) is 0 Å². The molecule has 17 heavy (non-hydrogen) atoms. The molecule has 1 saturated heterocycles. The smallest absolute Gasteiger partial charge is 0.124 e. The molecule has 1 atom stereocenters. The molecule has 1 aliphatic heterocycles. The van der Waals surface area contributed by atoms with Crippen LogP contribution in [0.15, 0.2) is 18.3 Å². The van der Waals surface area contributed by atoms with Crippen LogP contribution < -0.4 is 10.6 Å². The first-order valence-electron chi connectivity index (χ1n) is 6.12. The van der Waals surface area contributed by atoms with Crippen LogP contribution in [0.3, 0.4) is 0 Å². The standard InChI is InChI=1S/C13H19N3S/c1-9(2)10-6-4-8-16(10)11-5-3-7-15-12(11)13(14)17/h3,5,7,9-10H,4,6,8H2,1-2H3,(H2,14,17). The van der Waals surface area contributed by atoms with Crippen molar-refractivity contribution in [3.8, 4) is 0 Å². The summed E-state index contributed by atoms with van der Waals surface area (Å²) in [5.74, 6) is 0.636. The van der Waals surface area contributed by atoms with Crippen molar-refractivity contribution in [2.24, 2.45) is 11.7 Å². The van der Waals surface area contributed by atoms with E-state index in [-0.39, 0.29) is 0 Å². The van der Waals surface area contributed by atoms with E-state index in [9.17, 15) is 0 Å². The zero-order chi connectivity index (χ0) is 12.4. The quantitative estimate of drug-likeness (QED) is 0.835. The maximum atomic E-state index is 5.75. The van der Waals surface area contributed by atoms with E-state index in [2.05, 4.69) is 29.8 Å². The van der Waals surface area contributed by atoms with Crippen molar-refractivity contribution < 1.29 is 0 Å². The van der Waals surface area contributed by atoms with Gasteiger partial charge >= 0.3 is 0 Å². The third-order valence-electron chi connectivity index (χ3n) is 3.40. The summed E-state index contributed by atoms with van der Waals surface area (Å²) >= 11 is 5.08. The van der Waals surface area contributed by atoms with Gasteiger partial charge in [-0.05, 0) is 30.9 Å². The second-order valence-corrected chi connectivity index (χ2v) is 5.32. The van der Waals surface area contributed by atoms with E-state index in [4.69, 9.17) is 18.0 Å². The summed E-state index contributed by atoms with van der Waals surface area (Å²) in [6, 6.07) is 4.60. The molecule has 92 valence electrons. The van der Waals surface area contributed by atoms with Gasteiger partial charge in [-0.15, -0.1) is 0 Å². The molecule has 2 heterocycles. The molecule has 3 nitrogen and oxygen atoms in total. The van der Waals surface area contributed by atoms with Gasteiger partial charge in [-0.25, -0.2) is 0 Å². The fourth-order valence-electron chi connectivity index (χ4n) is 2.60. The Morgan fingerprint density at radius 3 is 3.00 bits per heavy atom. The summed E-state index contributed by atoms with van der Waals surface area (Å²) in [6.07, 6.45) is 4.22. The van der Waals surface area contributed by atoms with Crippen LogP contribution in [-0.4, -0.2) is 22.6 Å². The minimum Gasteiger partial charge on any atom is -0.388 e. The van der Waals surface area contributed by atoms with E-state index in [0.717, 1.165) is 17.9 Å². The lowest BCUT2D eigenvalue weighted by atomic mass is 10.0. The van der Waals surface area contributed by atoms with Crippen molar-refractivity contribution in [2.75, 3.05) is 11.4 Å². The van der Waals surface area contributed by atoms with E-state index < -0.39 is 0 Å². The van der Waals surface area contributed by atoms with Crippen LogP contribution in [0.25, 0.3) is 0 Å². The van der Waals surface area contributed by atoms with Crippen LogP contribution in [-0.2, 0) is 0 Å². The average molecular weight is 249 g/mol. The average Bonchev–Trinajstić information content (AvgIpc) is 2.77. The maximum absolute atomic E-state index is 5.75. The lowest BCUT2D eigenvalue weighted by Gasteiger charge is -2.30. The van der Waals surface area contributed by atoms with Gasteiger partial charge < -0.3 is 10.6 Å². The number of nitrogens with two attached hydrogens (primary N) is 1. The van der Waals surface area contributed by atoms with E-state index in [1.54, 1.807) is 6.20 Å². The first-order valence-corrected chi connectivity index (χ1v) is 6.53. The van der Waals surface area contributed by atoms with Gasteiger partial charge in [0, 0.05) is 18.8 Å². The van der Waals surface area contributed by atoms with Crippen molar-refractivity contribution in [3.05, 3.63) is 24.0 Å². The van der Waals surface area contributed by atoms with Crippen molar-refractivity contribution in [1.82, 2.24) is 4.98 Å². The lowest BCUT2D eigenvalue weighted by Crippen LogP contribution is -2.35. The molecule has 0 saturated carbocycles. The molecule has 1 aliphatic rings. The summed E-state index contributed by atoms with van der Waals surface area (Å²) in [5.41, 5.74) is 7.60. The summed E-state index contributed by atoms with van der Waals surface area (Å²) < 4.78 is 0. The zero-order valence-electron chi connectivity index (χ0n) is 10.4. The van der Waals surface area contributed by atoms with Gasteiger partial charge in [0.15, 0.2) is 0 Å². The highest BCUT2D eigenvalue weighted by Gasteiger charge is 2.29. The predicted molar refractivity (Wildman–Crippen MR) is 75.3 cm³/mol. The van der Waals surface area contributed by atoms with Crippen molar-refractivity contribution >= 4 is 22.9 Å². The van der Waals surface area contributed by atoms with E-state index in [1.165, 1.54) is 12.8 Å². The Bertz CT molecular complexity index is 417. The zero-order valence-corrected chi connectivity index (χ0v) is 11.2. The molecule has 4 heteroatoms. The fourth-order valence-corrected chi connectivity index (χ4v) is 2.76. The summed E-state index contributed by atoms with van der Waals surface area (Å²) in [4.78, 5) is 7.10. The van der Waals surface area contributed by atoms with E-state index >= 15 is 0 Å². The molecule has 0 amide bonds. The van der Waals surface area contributed by atoms with Gasteiger partial charge in [0.2, 0.25) is 0 Å². The van der Waals surface area contributed by atoms with Gasteiger partial charge in [0.25, 0.3) is 0 Å². The highest BCUT2D eigenvalue weighted by molar-refractivity contribution is 7.80. The lowest BCUT2D eigenvalue weighted by molar-refractivity contribution is 0.491. The van der Waals surface area contributed by atoms with E-state index in [0.29, 0.717) is 16.9 Å². The van der Waals surface area contributed by atoms with Crippen molar-refractivity contribution in [2.45, 2.75) is 32.7 Å². The van der Waals surface area contributed by atoms with E-state index in [1.807, 2.05) is 6.07 Å². The summed E-state index contributed by atoms with van der Waals surface area (Å²) in [5, 5.41) is 0. The largest absolute Gasteiger partial charge is 0.388 e. The summed E-state index contributed by atoms with van der Waals surface area (Å²) in [7, 11) is 0. The molecule has 0 spiro atoms. The molecule has 2 rings (SSSR count). The molecule has 0 bridgehead atoms. The van der Waals surface area contributed by atoms with Gasteiger partial charge in [0.05, 0.1) is 5.69 Å². The van der Waals surface area contributed by atoms with Crippen LogP contribution in [0.1, 0.15) is 32.4 Å². The Morgan fingerprint density at radius 1 is 1.59 bits per heavy atom. The van der Waals surface area contributed by atoms with Gasteiger partial charge in [0.1, 0.15) is 10.7 Å².